The summed E-state index contributed by atoms with van der Waals surface area (Å²) >= 11 is 0. The van der Waals surface area contributed by atoms with Crippen LogP contribution in [-0.2, 0) is 6.42 Å². The lowest BCUT2D eigenvalue weighted by molar-refractivity contribution is 0.0696. The topological polar surface area (TPSA) is 70.5 Å². The lowest BCUT2D eigenvalue weighted by atomic mass is 10.0. The highest BCUT2D eigenvalue weighted by molar-refractivity contribution is 5.97. The highest BCUT2D eigenvalue weighted by Gasteiger charge is 2.21. The minimum atomic E-state index is -1.09. The van der Waals surface area contributed by atoms with Crippen LogP contribution in [0.4, 0.5) is 0 Å². The largest absolute Gasteiger partial charge is 0.478 e. The Bertz CT molecular complexity index is 726. The zero-order valence-electron chi connectivity index (χ0n) is 14.2. The summed E-state index contributed by atoms with van der Waals surface area (Å²) in [5.41, 5.74) is 2.68. The molecular formula is C19H22N2O3. The lowest BCUT2D eigenvalue weighted by Crippen LogP contribution is -2.38. The van der Waals surface area contributed by atoms with Crippen molar-refractivity contribution in [2.75, 3.05) is 7.05 Å². The molecule has 1 aromatic heterocycles. The van der Waals surface area contributed by atoms with Gasteiger partial charge in [-0.2, -0.15) is 0 Å². The Labute approximate surface area is 142 Å². The van der Waals surface area contributed by atoms with Gasteiger partial charge in [0.05, 0.1) is 11.1 Å². The average Bonchev–Trinajstić information content (AvgIpc) is 2.60. The fraction of sp³-hybridized carbons (Fsp3) is 0.316. The summed E-state index contributed by atoms with van der Waals surface area (Å²) in [6, 6.07) is 9.67. The van der Waals surface area contributed by atoms with Crippen LogP contribution in [0, 0.1) is 6.92 Å². The van der Waals surface area contributed by atoms with Gasteiger partial charge >= 0.3 is 5.97 Å². The van der Waals surface area contributed by atoms with E-state index in [1.54, 1.807) is 11.9 Å². The van der Waals surface area contributed by atoms with Gasteiger partial charge < -0.3 is 10.0 Å². The molecule has 0 radical (unpaired) electrons. The summed E-state index contributed by atoms with van der Waals surface area (Å²) < 4.78 is 0. The molecule has 2 aromatic rings. The fourth-order valence-corrected chi connectivity index (χ4v) is 2.59. The number of carboxylic acid groups (broad SMARTS) is 1. The predicted octanol–water partition coefficient (Wildman–Crippen LogP) is 3.18. The number of rotatable bonds is 6. The molecule has 1 aromatic carbocycles. The number of aromatic nitrogens is 1. The molecule has 0 fully saturated rings. The van der Waals surface area contributed by atoms with Gasteiger partial charge in [0.25, 0.3) is 5.91 Å². The van der Waals surface area contributed by atoms with Gasteiger partial charge in [0.2, 0.25) is 0 Å². The molecule has 5 nitrogen and oxygen atoms in total. The van der Waals surface area contributed by atoms with Gasteiger partial charge in [-0.1, -0.05) is 36.8 Å². The molecule has 126 valence electrons. The average molecular weight is 326 g/mol. The normalized spacial score (nSPS) is 11.8. The smallest absolute Gasteiger partial charge is 0.337 e. The van der Waals surface area contributed by atoms with Gasteiger partial charge in [0.1, 0.15) is 0 Å². The molecule has 0 saturated heterocycles. The van der Waals surface area contributed by atoms with Crippen molar-refractivity contribution in [1.82, 2.24) is 9.88 Å². The van der Waals surface area contributed by atoms with E-state index in [0.717, 1.165) is 12.8 Å². The molecule has 1 atom stereocenters. The number of nitrogens with zero attached hydrogens (tertiary/aromatic N) is 2. The van der Waals surface area contributed by atoms with E-state index in [2.05, 4.69) is 29.2 Å². The number of carbonyl (C=O) groups excluding carboxylic acids is 1. The molecule has 0 aliphatic carbocycles. The van der Waals surface area contributed by atoms with Gasteiger partial charge in [0.15, 0.2) is 0 Å². The summed E-state index contributed by atoms with van der Waals surface area (Å²) in [7, 11) is 1.75. The Kier molecular flexibility index (Phi) is 5.68. The van der Waals surface area contributed by atoms with Crippen molar-refractivity contribution in [1.29, 1.82) is 0 Å². The second kappa shape index (κ2) is 7.73. The molecule has 0 bridgehead atoms. The van der Waals surface area contributed by atoms with Crippen molar-refractivity contribution in [2.24, 2.45) is 0 Å². The number of amides is 1. The van der Waals surface area contributed by atoms with E-state index < -0.39 is 5.97 Å². The van der Waals surface area contributed by atoms with Crippen LogP contribution in [-0.4, -0.2) is 40.0 Å². The molecule has 2 rings (SSSR count). The van der Waals surface area contributed by atoms with Crippen LogP contribution >= 0.6 is 0 Å². The number of likely N-dealkylation sites (N-methyl/N-ethyl adjacent to an activating group) is 1. The van der Waals surface area contributed by atoms with Crippen LogP contribution in [0.2, 0.25) is 0 Å². The Morgan fingerprint density at radius 2 is 1.79 bits per heavy atom. The van der Waals surface area contributed by atoms with Gasteiger partial charge in [-0.15, -0.1) is 0 Å². The van der Waals surface area contributed by atoms with Crippen LogP contribution in [0.1, 0.15) is 45.2 Å². The first-order valence-electron chi connectivity index (χ1n) is 7.93. The van der Waals surface area contributed by atoms with Crippen molar-refractivity contribution in [3.8, 4) is 0 Å². The van der Waals surface area contributed by atoms with E-state index in [1.807, 2.05) is 13.8 Å². The van der Waals surface area contributed by atoms with E-state index in [4.69, 9.17) is 5.11 Å². The fourth-order valence-electron chi connectivity index (χ4n) is 2.59. The van der Waals surface area contributed by atoms with E-state index in [-0.39, 0.29) is 17.5 Å². The number of benzene rings is 1. The van der Waals surface area contributed by atoms with Crippen molar-refractivity contribution in [3.63, 3.8) is 0 Å². The van der Waals surface area contributed by atoms with Crippen molar-refractivity contribution >= 4 is 11.9 Å². The zero-order valence-corrected chi connectivity index (χ0v) is 14.2. The third-order valence-corrected chi connectivity index (χ3v) is 4.16. The third-order valence-electron chi connectivity index (χ3n) is 4.16. The third kappa shape index (κ3) is 4.19. The minimum absolute atomic E-state index is 0.0147. The van der Waals surface area contributed by atoms with E-state index in [1.165, 1.54) is 29.6 Å². The van der Waals surface area contributed by atoms with E-state index in [9.17, 15) is 9.59 Å². The molecule has 5 heteroatoms. The quantitative estimate of drug-likeness (QED) is 0.885. The molecule has 0 unspecified atom stereocenters. The second-order valence-corrected chi connectivity index (χ2v) is 5.94. The molecule has 24 heavy (non-hydrogen) atoms. The lowest BCUT2D eigenvalue weighted by Gasteiger charge is -2.27. The highest BCUT2D eigenvalue weighted by atomic mass is 16.4. The van der Waals surface area contributed by atoms with E-state index in [0.29, 0.717) is 5.56 Å². The standard InChI is InChI=1S/C19H22N2O3/c1-4-17(9-14-7-5-13(2)6-8-14)21(3)18(22)15-10-16(19(23)24)12-20-11-15/h5-8,10-12,17H,4,9H2,1-3H3,(H,23,24)/t17-/m0/s1. The van der Waals surface area contributed by atoms with Crippen LogP contribution in [0.3, 0.4) is 0 Å². The minimum Gasteiger partial charge on any atom is -0.478 e. The van der Waals surface area contributed by atoms with Crippen LogP contribution in [0.25, 0.3) is 0 Å². The van der Waals surface area contributed by atoms with Crippen molar-refractivity contribution in [2.45, 2.75) is 32.7 Å². The van der Waals surface area contributed by atoms with Crippen molar-refractivity contribution < 1.29 is 14.7 Å². The number of aryl methyl sites for hydroxylation is 1. The van der Waals surface area contributed by atoms with Crippen LogP contribution < -0.4 is 0 Å². The van der Waals surface area contributed by atoms with Crippen LogP contribution in [0.15, 0.2) is 42.7 Å². The summed E-state index contributed by atoms with van der Waals surface area (Å²) in [4.78, 5) is 29.2. The molecule has 0 spiro atoms. The maximum Gasteiger partial charge on any atom is 0.337 e. The monoisotopic (exact) mass is 326 g/mol. The maximum atomic E-state index is 12.7. The number of carboxylic acids is 1. The molecule has 0 aliphatic heterocycles. The number of hydrogen-bond acceptors (Lipinski definition) is 3. The van der Waals surface area contributed by atoms with Gasteiger partial charge in [-0.3, -0.25) is 9.78 Å². The number of pyridine rings is 1. The number of aromatic carboxylic acids is 1. The SMILES string of the molecule is CC[C@@H](Cc1ccc(C)cc1)N(C)C(=O)c1cncc(C(=O)O)c1. The first kappa shape index (κ1) is 17.7. The predicted molar refractivity (Wildman–Crippen MR) is 92.3 cm³/mol. The van der Waals surface area contributed by atoms with Crippen LogP contribution in [0.5, 0.6) is 0 Å². The zero-order chi connectivity index (χ0) is 17.7. The summed E-state index contributed by atoms with van der Waals surface area (Å²) in [5.74, 6) is -1.31. The molecule has 1 amide bonds. The first-order chi connectivity index (χ1) is 11.4. The Morgan fingerprint density at radius 3 is 2.38 bits per heavy atom. The number of carbonyl (C=O) groups is 2. The molecule has 0 aliphatic rings. The highest BCUT2D eigenvalue weighted by Crippen LogP contribution is 2.15. The van der Waals surface area contributed by atoms with Gasteiger partial charge in [-0.25, -0.2) is 4.79 Å². The summed E-state index contributed by atoms with van der Waals surface area (Å²) in [5, 5.41) is 9.04. The summed E-state index contributed by atoms with van der Waals surface area (Å²) in [6.45, 7) is 4.08. The molecule has 0 saturated carbocycles. The Hall–Kier alpha value is -2.69. The molecule has 1 heterocycles. The van der Waals surface area contributed by atoms with Gasteiger partial charge in [-0.05, 0) is 31.4 Å². The molecular weight excluding hydrogens is 304 g/mol. The second-order valence-electron chi connectivity index (χ2n) is 5.94. The van der Waals surface area contributed by atoms with Gasteiger partial charge in [0, 0.05) is 25.5 Å². The Morgan fingerprint density at radius 1 is 1.17 bits per heavy atom. The Balaban J connectivity index is 2.16. The maximum absolute atomic E-state index is 12.7. The summed E-state index contributed by atoms with van der Waals surface area (Å²) in [6.07, 6.45) is 4.21. The number of hydrogen-bond donors (Lipinski definition) is 1. The molecule has 1 N–H and O–H groups in total. The van der Waals surface area contributed by atoms with Crippen molar-refractivity contribution in [3.05, 3.63) is 65.0 Å². The first-order valence-corrected chi connectivity index (χ1v) is 7.93. The van der Waals surface area contributed by atoms with E-state index >= 15 is 0 Å².